The van der Waals surface area contributed by atoms with Gasteiger partial charge in [-0.2, -0.15) is 0 Å². The lowest BCUT2D eigenvalue weighted by Gasteiger charge is -2.07. The molecule has 30 heavy (non-hydrogen) atoms. The first-order valence-electron chi connectivity index (χ1n) is 9.88. The molecule has 0 aliphatic heterocycles. The fourth-order valence-electron chi connectivity index (χ4n) is 3.64. The maximum atomic E-state index is 6.06. The molecule has 0 spiro atoms. The molecule has 144 valence electrons. The zero-order valence-corrected chi connectivity index (χ0v) is 17.8. The molecule has 4 aromatic carbocycles. The molecule has 0 atom stereocenters. The van der Waals surface area contributed by atoms with Gasteiger partial charge in [-0.1, -0.05) is 115 Å². The number of rotatable bonds is 4. The molecule has 0 saturated carbocycles. The summed E-state index contributed by atoms with van der Waals surface area (Å²) in [5.41, 5.74) is 8.57. The Hall–Kier alpha value is -3.13. The molecule has 1 aromatic heterocycles. The highest BCUT2D eigenvalue weighted by atomic mass is 35.5. The maximum absolute atomic E-state index is 6.06. The number of hydrogen-bond donors (Lipinski definition) is 0. The van der Waals surface area contributed by atoms with E-state index in [9.17, 15) is 0 Å². The predicted molar refractivity (Wildman–Crippen MR) is 131 cm³/mol. The van der Waals surface area contributed by atoms with E-state index in [1.54, 1.807) is 11.3 Å². The van der Waals surface area contributed by atoms with Crippen molar-refractivity contribution in [2.75, 3.05) is 0 Å². The van der Waals surface area contributed by atoms with Crippen LogP contribution in [-0.2, 0) is 0 Å². The SMILES string of the molecule is Clc1ccc(-c2ccc(-c3ccc(-c4ccc(-c5ccccc5)cc4)cc3)cc2)s1. The van der Waals surface area contributed by atoms with Gasteiger partial charge < -0.3 is 0 Å². The van der Waals surface area contributed by atoms with E-state index in [4.69, 9.17) is 11.6 Å². The predicted octanol–water partition coefficient (Wildman–Crippen LogP) is 9.07. The van der Waals surface area contributed by atoms with Crippen LogP contribution in [0.2, 0.25) is 4.34 Å². The number of hydrogen-bond acceptors (Lipinski definition) is 1. The van der Waals surface area contributed by atoms with Crippen LogP contribution in [0.4, 0.5) is 0 Å². The Labute approximate surface area is 186 Å². The molecule has 1 heterocycles. The highest BCUT2D eigenvalue weighted by Gasteiger charge is 2.04. The van der Waals surface area contributed by atoms with Gasteiger partial charge in [0.05, 0.1) is 4.34 Å². The van der Waals surface area contributed by atoms with Crippen molar-refractivity contribution in [1.29, 1.82) is 0 Å². The van der Waals surface area contributed by atoms with Crippen molar-refractivity contribution in [3.63, 3.8) is 0 Å². The van der Waals surface area contributed by atoms with Crippen molar-refractivity contribution in [1.82, 2.24) is 0 Å². The minimum Gasteiger partial charge on any atom is -0.123 e. The zero-order chi connectivity index (χ0) is 20.3. The van der Waals surface area contributed by atoms with Gasteiger partial charge in [0.1, 0.15) is 0 Å². The molecule has 0 unspecified atom stereocenters. The van der Waals surface area contributed by atoms with Crippen LogP contribution in [0.1, 0.15) is 0 Å². The monoisotopic (exact) mass is 422 g/mol. The van der Waals surface area contributed by atoms with Crippen LogP contribution in [0, 0.1) is 0 Å². The molecule has 0 aliphatic rings. The van der Waals surface area contributed by atoms with E-state index in [-0.39, 0.29) is 0 Å². The van der Waals surface area contributed by atoms with Gasteiger partial charge in [0.15, 0.2) is 0 Å². The van der Waals surface area contributed by atoms with Crippen LogP contribution < -0.4 is 0 Å². The Morgan fingerprint density at radius 1 is 0.367 bits per heavy atom. The summed E-state index contributed by atoms with van der Waals surface area (Å²) in [5.74, 6) is 0. The van der Waals surface area contributed by atoms with E-state index >= 15 is 0 Å². The Bertz CT molecular complexity index is 1250. The summed E-state index contributed by atoms with van der Waals surface area (Å²) in [4.78, 5) is 1.20. The molecule has 0 amide bonds. The fraction of sp³-hybridized carbons (Fsp3) is 0. The lowest BCUT2D eigenvalue weighted by atomic mass is 9.97. The van der Waals surface area contributed by atoms with Crippen molar-refractivity contribution in [2.24, 2.45) is 0 Å². The quantitative estimate of drug-likeness (QED) is 0.271. The van der Waals surface area contributed by atoms with Gasteiger partial charge in [-0.15, -0.1) is 11.3 Å². The summed E-state index contributed by atoms with van der Waals surface area (Å²) >= 11 is 7.67. The number of thiophene rings is 1. The average molecular weight is 423 g/mol. The van der Waals surface area contributed by atoms with Crippen molar-refractivity contribution in [3.8, 4) is 43.8 Å². The van der Waals surface area contributed by atoms with E-state index in [1.165, 1.54) is 43.8 Å². The van der Waals surface area contributed by atoms with Crippen molar-refractivity contribution in [2.45, 2.75) is 0 Å². The Balaban J connectivity index is 1.35. The normalized spacial score (nSPS) is 10.8. The maximum Gasteiger partial charge on any atom is 0.0934 e. The van der Waals surface area contributed by atoms with Gasteiger partial charge in [0.25, 0.3) is 0 Å². The second-order valence-electron chi connectivity index (χ2n) is 7.20. The summed E-state index contributed by atoms with van der Waals surface area (Å²) in [6.45, 7) is 0. The summed E-state index contributed by atoms with van der Waals surface area (Å²) < 4.78 is 0.821. The molecule has 0 saturated heterocycles. The molecule has 0 N–H and O–H groups in total. The molecular formula is C28H19ClS. The van der Waals surface area contributed by atoms with Crippen LogP contribution in [0.25, 0.3) is 43.8 Å². The molecular weight excluding hydrogens is 404 g/mol. The number of benzene rings is 4. The van der Waals surface area contributed by atoms with Crippen molar-refractivity contribution in [3.05, 3.63) is 120 Å². The van der Waals surface area contributed by atoms with Gasteiger partial charge >= 0.3 is 0 Å². The molecule has 0 fully saturated rings. The number of halogens is 1. The Kier molecular flexibility index (Phi) is 5.23. The minimum atomic E-state index is 0.821. The second kappa shape index (κ2) is 8.31. The summed E-state index contributed by atoms with van der Waals surface area (Å²) in [6.07, 6.45) is 0. The smallest absolute Gasteiger partial charge is 0.0934 e. The first-order chi connectivity index (χ1) is 14.8. The minimum absolute atomic E-state index is 0.821. The molecule has 0 radical (unpaired) electrons. The van der Waals surface area contributed by atoms with Crippen molar-refractivity contribution < 1.29 is 0 Å². The molecule has 0 nitrogen and oxygen atoms in total. The van der Waals surface area contributed by atoms with Gasteiger partial charge in [-0.3, -0.25) is 0 Å². The van der Waals surface area contributed by atoms with Gasteiger partial charge in [0, 0.05) is 4.88 Å². The van der Waals surface area contributed by atoms with Crippen LogP contribution in [0.15, 0.2) is 115 Å². The third kappa shape index (κ3) is 3.95. The van der Waals surface area contributed by atoms with Crippen molar-refractivity contribution >= 4 is 22.9 Å². The van der Waals surface area contributed by atoms with Gasteiger partial charge in [-0.25, -0.2) is 0 Å². The molecule has 0 bridgehead atoms. The van der Waals surface area contributed by atoms with Gasteiger partial charge in [-0.05, 0) is 51.1 Å². The fourth-order valence-corrected chi connectivity index (χ4v) is 4.69. The van der Waals surface area contributed by atoms with E-state index in [2.05, 4.69) is 103 Å². The summed E-state index contributed by atoms with van der Waals surface area (Å²) in [6, 6.07) is 40.7. The van der Waals surface area contributed by atoms with E-state index in [0.717, 1.165) is 4.34 Å². The highest BCUT2D eigenvalue weighted by Crippen LogP contribution is 2.33. The Morgan fingerprint density at radius 2 is 0.733 bits per heavy atom. The largest absolute Gasteiger partial charge is 0.123 e. The first-order valence-corrected chi connectivity index (χ1v) is 11.1. The van der Waals surface area contributed by atoms with Crippen LogP contribution in [0.5, 0.6) is 0 Å². The van der Waals surface area contributed by atoms with E-state index < -0.39 is 0 Å². The highest BCUT2D eigenvalue weighted by molar-refractivity contribution is 7.19. The summed E-state index contributed by atoms with van der Waals surface area (Å²) in [5, 5.41) is 0. The average Bonchev–Trinajstić information content (AvgIpc) is 3.26. The zero-order valence-electron chi connectivity index (χ0n) is 16.3. The Morgan fingerprint density at radius 3 is 1.10 bits per heavy atom. The van der Waals surface area contributed by atoms with E-state index in [1.807, 2.05) is 12.1 Å². The molecule has 5 aromatic rings. The molecule has 5 rings (SSSR count). The molecule has 2 heteroatoms. The summed E-state index contributed by atoms with van der Waals surface area (Å²) in [7, 11) is 0. The molecule has 0 aliphatic carbocycles. The topological polar surface area (TPSA) is 0 Å². The van der Waals surface area contributed by atoms with E-state index in [0.29, 0.717) is 0 Å². The standard InChI is InChI=1S/C28H19ClS/c29-28-19-18-27(30-28)26-16-14-25(15-17-26)24-12-10-23(11-13-24)22-8-6-21(7-9-22)20-4-2-1-3-5-20/h1-19H. The second-order valence-corrected chi connectivity index (χ2v) is 8.92. The van der Waals surface area contributed by atoms with Crippen LogP contribution in [0.3, 0.4) is 0 Å². The third-order valence-electron chi connectivity index (χ3n) is 5.29. The third-order valence-corrected chi connectivity index (χ3v) is 6.57. The van der Waals surface area contributed by atoms with Crippen LogP contribution >= 0.6 is 22.9 Å². The lowest BCUT2D eigenvalue weighted by Crippen LogP contribution is -1.82. The lowest BCUT2D eigenvalue weighted by molar-refractivity contribution is 1.57. The van der Waals surface area contributed by atoms with Gasteiger partial charge in [0.2, 0.25) is 0 Å². The van der Waals surface area contributed by atoms with Crippen LogP contribution in [-0.4, -0.2) is 0 Å². The first kappa shape index (κ1) is 18.9.